The largest absolute Gasteiger partial charge is 0.346 e. The van der Waals surface area contributed by atoms with Crippen molar-refractivity contribution < 1.29 is 9.69 Å². The zero-order valence-corrected chi connectivity index (χ0v) is 15.3. The van der Waals surface area contributed by atoms with Gasteiger partial charge in [-0.3, -0.25) is 4.79 Å². The molecule has 2 N–H and O–H groups in total. The number of carbonyl (C=O) groups is 1. The molecule has 1 aliphatic heterocycles. The van der Waals surface area contributed by atoms with Crippen LogP contribution in [0.1, 0.15) is 0 Å². The van der Waals surface area contributed by atoms with E-state index in [2.05, 4.69) is 17.3 Å². The fourth-order valence-corrected chi connectivity index (χ4v) is 3.41. The Balaban J connectivity index is 1.77. The second kappa shape index (κ2) is 8.36. The molecular formula is C14H18Cl2N3OS2+. The van der Waals surface area contributed by atoms with Crippen LogP contribution in [0.2, 0.25) is 10.0 Å². The van der Waals surface area contributed by atoms with Gasteiger partial charge in [-0.1, -0.05) is 47.2 Å². The van der Waals surface area contributed by atoms with Gasteiger partial charge in [0.1, 0.15) is 4.32 Å². The molecule has 0 atom stereocenters. The number of nitrogens with zero attached hydrogens (tertiary/aromatic N) is 1. The average molecular weight is 379 g/mol. The number of hydrogen-bond acceptors (Lipinski definition) is 3. The monoisotopic (exact) mass is 378 g/mol. The number of likely N-dealkylation sites (N-methyl/N-ethyl adjacent to an activating group) is 1. The molecule has 1 aromatic carbocycles. The molecule has 0 aliphatic carbocycles. The fourth-order valence-electron chi connectivity index (χ4n) is 2.06. The highest BCUT2D eigenvalue weighted by Gasteiger charge is 2.19. The van der Waals surface area contributed by atoms with Gasteiger partial charge in [0.2, 0.25) is 5.91 Å². The molecule has 4 nitrogen and oxygen atoms in total. The second-order valence-corrected chi connectivity index (χ2v) is 7.60. The second-order valence-electron chi connectivity index (χ2n) is 5.18. The molecule has 1 saturated heterocycles. The highest BCUT2D eigenvalue weighted by atomic mass is 35.5. The van der Waals surface area contributed by atoms with Crippen molar-refractivity contribution in [2.75, 3.05) is 44.3 Å². The molecule has 1 fully saturated rings. The van der Waals surface area contributed by atoms with Gasteiger partial charge in [0.05, 0.1) is 49.0 Å². The third-order valence-electron chi connectivity index (χ3n) is 3.41. The van der Waals surface area contributed by atoms with Gasteiger partial charge in [0.25, 0.3) is 0 Å². The van der Waals surface area contributed by atoms with Crippen LogP contribution in [-0.2, 0) is 4.79 Å². The first-order valence-electron chi connectivity index (χ1n) is 6.93. The molecule has 1 aromatic rings. The number of nitrogens with one attached hydrogen (secondary N) is 2. The Morgan fingerprint density at radius 3 is 2.68 bits per heavy atom. The number of hydrogen-bond donors (Lipinski definition) is 2. The maximum absolute atomic E-state index is 12.0. The van der Waals surface area contributed by atoms with Gasteiger partial charge in [-0.2, -0.15) is 0 Å². The highest BCUT2D eigenvalue weighted by molar-refractivity contribution is 8.23. The molecule has 2 rings (SSSR count). The molecular weight excluding hydrogens is 361 g/mol. The SMILES string of the molecule is C[NH+]1CCN(C(=S)SCC(=O)Nc2ccc(Cl)c(Cl)c2)CC1. The smallest absolute Gasteiger partial charge is 0.234 e. The van der Waals surface area contributed by atoms with E-state index in [0.717, 1.165) is 30.5 Å². The van der Waals surface area contributed by atoms with E-state index in [-0.39, 0.29) is 11.7 Å². The predicted molar refractivity (Wildman–Crippen MR) is 98.3 cm³/mol. The number of benzene rings is 1. The fraction of sp³-hybridized carbons (Fsp3) is 0.429. The molecule has 0 aromatic heterocycles. The van der Waals surface area contributed by atoms with E-state index in [4.69, 9.17) is 35.4 Å². The van der Waals surface area contributed by atoms with Crippen LogP contribution < -0.4 is 10.2 Å². The number of rotatable bonds is 3. The third kappa shape index (κ3) is 5.28. The molecule has 0 saturated carbocycles. The Kier molecular flexibility index (Phi) is 6.77. The van der Waals surface area contributed by atoms with Crippen LogP contribution in [0.15, 0.2) is 18.2 Å². The highest BCUT2D eigenvalue weighted by Crippen LogP contribution is 2.25. The lowest BCUT2D eigenvalue weighted by molar-refractivity contribution is -0.883. The van der Waals surface area contributed by atoms with Crippen molar-refractivity contribution in [2.24, 2.45) is 0 Å². The molecule has 0 spiro atoms. The summed E-state index contributed by atoms with van der Waals surface area (Å²) in [5.41, 5.74) is 0.633. The Bertz CT molecular complexity index is 563. The number of amides is 1. The molecule has 8 heteroatoms. The summed E-state index contributed by atoms with van der Waals surface area (Å²) >= 11 is 18.6. The first kappa shape index (κ1) is 17.8. The van der Waals surface area contributed by atoms with Gasteiger partial charge in [-0.05, 0) is 18.2 Å². The lowest BCUT2D eigenvalue weighted by Crippen LogP contribution is -3.12. The molecule has 0 radical (unpaired) electrons. The van der Waals surface area contributed by atoms with Gasteiger partial charge in [0.15, 0.2) is 0 Å². The predicted octanol–water partition coefficient (Wildman–Crippen LogP) is 1.78. The quantitative estimate of drug-likeness (QED) is 0.786. The van der Waals surface area contributed by atoms with Gasteiger partial charge in [0, 0.05) is 5.69 Å². The average Bonchev–Trinajstić information content (AvgIpc) is 2.49. The summed E-state index contributed by atoms with van der Waals surface area (Å²) in [7, 11) is 2.18. The Morgan fingerprint density at radius 1 is 1.36 bits per heavy atom. The van der Waals surface area contributed by atoms with E-state index in [9.17, 15) is 4.79 Å². The summed E-state index contributed by atoms with van der Waals surface area (Å²) in [6.45, 7) is 4.06. The van der Waals surface area contributed by atoms with Crippen LogP contribution >= 0.6 is 47.2 Å². The maximum Gasteiger partial charge on any atom is 0.234 e. The molecule has 0 unspecified atom stereocenters. The number of thiocarbonyl (C=S) groups is 1. The minimum absolute atomic E-state index is 0.106. The van der Waals surface area contributed by atoms with Crippen molar-refractivity contribution in [1.29, 1.82) is 0 Å². The number of thioether (sulfide) groups is 1. The van der Waals surface area contributed by atoms with E-state index < -0.39 is 0 Å². The van der Waals surface area contributed by atoms with Crippen LogP contribution in [0.3, 0.4) is 0 Å². The molecule has 1 amide bonds. The molecule has 1 heterocycles. The molecule has 1 aliphatic rings. The van der Waals surface area contributed by atoms with Crippen LogP contribution in [0.25, 0.3) is 0 Å². The van der Waals surface area contributed by atoms with Crippen LogP contribution in [-0.4, -0.2) is 54.1 Å². The van der Waals surface area contributed by atoms with Crippen molar-refractivity contribution >= 4 is 63.1 Å². The Hall–Kier alpha value is -0.530. The number of halogens is 2. The van der Waals surface area contributed by atoms with Crippen molar-refractivity contribution in [2.45, 2.75) is 0 Å². The summed E-state index contributed by atoms with van der Waals surface area (Å²) in [5, 5.41) is 3.67. The number of piperazine rings is 1. The van der Waals surface area contributed by atoms with Gasteiger partial charge in [-0.15, -0.1) is 0 Å². The summed E-state index contributed by atoms with van der Waals surface area (Å²) in [5.74, 6) is 0.184. The van der Waals surface area contributed by atoms with Crippen molar-refractivity contribution in [3.63, 3.8) is 0 Å². The minimum Gasteiger partial charge on any atom is -0.346 e. The summed E-state index contributed by atoms with van der Waals surface area (Å²) in [6, 6.07) is 5.01. The van der Waals surface area contributed by atoms with Crippen molar-refractivity contribution in [3.05, 3.63) is 28.2 Å². The standard InChI is InChI=1S/C14H17Cl2N3OS2/c1-18-4-6-19(7-5-18)14(21)22-9-13(20)17-10-2-3-11(15)12(16)8-10/h2-3,8H,4-7,9H2,1H3,(H,17,20)/p+1. The van der Waals surface area contributed by atoms with Crippen molar-refractivity contribution in [3.8, 4) is 0 Å². The first-order chi connectivity index (χ1) is 10.5. The normalized spacial score (nSPS) is 15.7. The van der Waals surface area contributed by atoms with Gasteiger partial charge in [-0.25, -0.2) is 0 Å². The van der Waals surface area contributed by atoms with E-state index in [1.54, 1.807) is 18.2 Å². The minimum atomic E-state index is -0.106. The Morgan fingerprint density at radius 2 is 2.05 bits per heavy atom. The van der Waals surface area contributed by atoms with E-state index >= 15 is 0 Å². The zero-order valence-electron chi connectivity index (χ0n) is 12.2. The van der Waals surface area contributed by atoms with Crippen molar-refractivity contribution in [1.82, 2.24) is 4.90 Å². The van der Waals surface area contributed by atoms with Crippen LogP contribution in [0.4, 0.5) is 5.69 Å². The summed E-state index contributed by atoms with van der Waals surface area (Å²) < 4.78 is 0.789. The third-order valence-corrected chi connectivity index (χ3v) is 5.67. The van der Waals surface area contributed by atoms with E-state index in [0.29, 0.717) is 15.7 Å². The Labute approximate surface area is 150 Å². The van der Waals surface area contributed by atoms with E-state index in [1.807, 2.05) is 0 Å². The number of carbonyl (C=O) groups excluding carboxylic acids is 1. The van der Waals surface area contributed by atoms with Gasteiger partial charge >= 0.3 is 0 Å². The summed E-state index contributed by atoms with van der Waals surface area (Å²) in [6.07, 6.45) is 0. The summed E-state index contributed by atoms with van der Waals surface area (Å²) in [4.78, 5) is 15.6. The lowest BCUT2D eigenvalue weighted by Gasteiger charge is -2.31. The molecule has 0 bridgehead atoms. The topological polar surface area (TPSA) is 36.8 Å². The maximum atomic E-state index is 12.0. The number of quaternary nitrogens is 1. The van der Waals surface area contributed by atoms with Crippen LogP contribution in [0.5, 0.6) is 0 Å². The van der Waals surface area contributed by atoms with E-state index in [1.165, 1.54) is 16.7 Å². The molecule has 120 valence electrons. The number of anilines is 1. The zero-order chi connectivity index (χ0) is 16.1. The lowest BCUT2D eigenvalue weighted by atomic mass is 10.3. The van der Waals surface area contributed by atoms with Gasteiger partial charge < -0.3 is 15.1 Å². The van der Waals surface area contributed by atoms with Crippen LogP contribution in [0, 0.1) is 0 Å². The first-order valence-corrected chi connectivity index (χ1v) is 9.08. The molecule has 22 heavy (non-hydrogen) atoms.